The molecule has 0 spiro atoms. The standard InChI is InChI=1S/C11H9FN2O4S2/c1-6-13-5-10(19-6)20(17,18)14-9-3-2-7(12)4-8(9)11(15)16/h2-5,14H,1H3,(H,15,16). The second-order valence-electron chi connectivity index (χ2n) is 3.80. The number of aromatic nitrogens is 1. The van der Waals surface area contributed by atoms with Gasteiger partial charge in [-0.05, 0) is 25.1 Å². The van der Waals surface area contributed by atoms with Crippen molar-refractivity contribution in [3.05, 3.63) is 40.8 Å². The largest absolute Gasteiger partial charge is 0.478 e. The molecule has 20 heavy (non-hydrogen) atoms. The number of carboxylic acid groups (broad SMARTS) is 1. The fraction of sp³-hybridized carbons (Fsp3) is 0.0909. The van der Waals surface area contributed by atoms with Crippen molar-refractivity contribution >= 4 is 33.0 Å². The van der Waals surface area contributed by atoms with Gasteiger partial charge in [-0.2, -0.15) is 0 Å². The van der Waals surface area contributed by atoms with E-state index in [-0.39, 0.29) is 9.90 Å². The van der Waals surface area contributed by atoms with Gasteiger partial charge >= 0.3 is 5.97 Å². The summed E-state index contributed by atoms with van der Waals surface area (Å²) in [6.07, 6.45) is 1.17. The van der Waals surface area contributed by atoms with Gasteiger partial charge in [-0.25, -0.2) is 22.6 Å². The van der Waals surface area contributed by atoms with E-state index in [0.717, 1.165) is 29.5 Å². The highest BCUT2D eigenvalue weighted by atomic mass is 32.2. The van der Waals surface area contributed by atoms with Crippen molar-refractivity contribution in [1.82, 2.24) is 4.98 Å². The zero-order chi connectivity index (χ0) is 14.9. The Morgan fingerprint density at radius 1 is 1.45 bits per heavy atom. The Morgan fingerprint density at radius 3 is 2.70 bits per heavy atom. The monoisotopic (exact) mass is 316 g/mol. The normalized spacial score (nSPS) is 11.3. The Kier molecular flexibility index (Phi) is 3.73. The minimum absolute atomic E-state index is 0.0457. The van der Waals surface area contributed by atoms with Crippen molar-refractivity contribution in [2.75, 3.05) is 4.72 Å². The van der Waals surface area contributed by atoms with Gasteiger partial charge in [-0.15, -0.1) is 11.3 Å². The predicted octanol–water partition coefficient (Wildman–Crippen LogP) is 2.09. The molecule has 0 aliphatic carbocycles. The van der Waals surface area contributed by atoms with Crippen LogP contribution in [0.2, 0.25) is 0 Å². The van der Waals surface area contributed by atoms with Gasteiger partial charge in [0.2, 0.25) is 0 Å². The van der Waals surface area contributed by atoms with Crippen LogP contribution in [0.3, 0.4) is 0 Å². The molecular formula is C11H9FN2O4S2. The van der Waals surface area contributed by atoms with Crippen molar-refractivity contribution < 1.29 is 22.7 Å². The van der Waals surface area contributed by atoms with E-state index in [1.807, 2.05) is 0 Å². The number of halogens is 1. The quantitative estimate of drug-likeness (QED) is 0.900. The van der Waals surface area contributed by atoms with Gasteiger partial charge in [-0.1, -0.05) is 0 Å². The van der Waals surface area contributed by atoms with E-state index in [9.17, 15) is 17.6 Å². The van der Waals surface area contributed by atoms with E-state index in [4.69, 9.17) is 5.11 Å². The van der Waals surface area contributed by atoms with Gasteiger partial charge in [0.05, 0.1) is 22.5 Å². The van der Waals surface area contributed by atoms with Gasteiger partial charge in [0, 0.05) is 0 Å². The Morgan fingerprint density at radius 2 is 2.15 bits per heavy atom. The lowest BCUT2D eigenvalue weighted by molar-refractivity contribution is 0.0697. The van der Waals surface area contributed by atoms with Crippen LogP contribution in [-0.2, 0) is 10.0 Å². The van der Waals surface area contributed by atoms with Gasteiger partial charge in [0.15, 0.2) is 4.21 Å². The number of carboxylic acids is 1. The number of benzene rings is 1. The first-order valence-electron chi connectivity index (χ1n) is 5.28. The highest BCUT2D eigenvalue weighted by molar-refractivity contribution is 7.94. The number of rotatable bonds is 4. The van der Waals surface area contributed by atoms with Crippen molar-refractivity contribution in [3.63, 3.8) is 0 Å². The Balaban J connectivity index is 2.42. The van der Waals surface area contributed by atoms with Crippen molar-refractivity contribution in [2.45, 2.75) is 11.1 Å². The molecule has 1 aromatic carbocycles. The second kappa shape index (κ2) is 5.17. The van der Waals surface area contributed by atoms with Crippen LogP contribution in [0.4, 0.5) is 10.1 Å². The number of nitrogens with zero attached hydrogens (tertiary/aromatic N) is 1. The number of sulfonamides is 1. The zero-order valence-electron chi connectivity index (χ0n) is 10.1. The molecule has 0 radical (unpaired) electrons. The molecule has 0 atom stereocenters. The molecule has 0 saturated carbocycles. The lowest BCUT2D eigenvalue weighted by atomic mass is 10.2. The first-order chi connectivity index (χ1) is 9.29. The summed E-state index contributed by atoms with van der Waals surface area (Å²) in [7, 11) is -3.94. The minimum atomic E-state index is -3.94. The summed E-state index contributed by atoms with van der Waals surface area (Å²) in [5, 5.41) is 9.51. The predicted molar refractivity (Wildman–Crippen MR) is 71.0 cm³/mol. The number of anilines is 1. The highest BCUT2D eigenvalue weighted by Gasteiger charge is 2.21. The molecule has 0 bridgehead atoms. The molecule has 0 saturated heterocycles. The summed E-state index contributed by atoms with van der Waals surface area (Å²) in [6, 6.07) is 2.78. The number of thiazole rings is 1. The molecule has 2 aromatic rings. The summed E-state index contributed by atoms with van der Waals surface area (Å²) in [5.74, 6) is -2.19. The Bertz CT molecular complexity index is 770. The van der Waals surface area contributed by atoms with Crippen LogP contribution in [-0.4, -0.2) is 24.5 Å². The SMILES string of the molecule is Cc1ncc(S(=O)(=O)Nc2ccc(F)cc2C(=O)O)s1. The number of nitrogens with one attached hydrogen (secondary N) is 1. The van der Waals surface area contributed by atoms with Gasteiger partial charge < -0.3 is 5.11 Å². The number of hydrogen-bond acceptors (Lipinski definition) is 5. The summed E-state index contributed by atoms with van der Waals surface area (Å²) >= 11 is 0.948. The fourth-order valence-electron chi connectivity index (χ4n) is 1.44. The third kappa shape index (κ3) is 2.94. The van der Waals surface area contributed by atoms with Gasteiger partial charge in [0.25, 0.3) is 10.0 Å². The molecule has 1 heterocycles. The minimum Gasteiger partial charge on any atom is -0.478 e. The van der Waals surface area contributed by atoms with Crippen LogP contribution < -0.4 is 4.72 Å². The van der Waals surface area contributed by atoms with E-state index in [0.29, 0.717) is 5.01 Å². The number of carbonyl (C=O) groups is 1. The van der Waals surface area contributed by atoms with E-state index < -0.39 is 27.4 Å². The molecule has 0 fully saturated rings. The zero-order valence-corrected chi connectivity index (χ0v) is 11.8. The van der Waals surface area contributed by atoms with Gasteiger partial charge in [0.1, 0.15) is 5.82 Å². The fourth-order valence-corrected chi connectivity index (χ4v) is 3.63. The molecule has 2 rings (SSSR count). The van der Waals surface area contributed by atoms with Crippen LogP contribution in [0.1, 0.15) is 15.4 Å². The lowest BCUT2D eigenvalue weighted by Gasteiger charge is -2.09. The van der Waals surface area contributed by atoms with E-state index >= 15 is 0 Å². The van der Waals surface area contributed by atoms with Crippen LogP contribution >= 0.6 is 11.3 Å². The van der Waals surface area contributed by atoms with E-state index in [1.54, 1.807) is 6.92 Å². The Labute approximate surface area is 118 Å². The van der Waals surface area contributed by atoms with Crippen LogP contribution in [0, 0.1) is 12.7 Å². The molecule has 0 amide bonds. The first-order valence-corrected chi connectivity index (χ1v) is 7.57. The molecular weight excluding hydrogens is 307 g/mol. The molecule has 0 aliphatic rings. The maximum Gasteiger partial charge on any atom is 0.337 e. The maximum absolute atomic E-state index is 13.0. The molecule has 0 aliphatic heterocycles. The molecule has 0 unspecified atom stereocenters. The first kappa shape index (κ1) is 14.4. The second-order valence-corrected chi connectivity index (χ2v) is 6.94. The number of hydrogen-bond donors (Lipinski definition) is 2. The summed E-state index contributed by atoms with van der Waals surface area (Å²) in [5.41, 5.74) is -0.667. The van der Waals surface area contributed by atoms with Crippen molar-refractivity contribution in [3.8, 4) is 0 Å². The maximum atomic E-state index is 13.0. The average Bonchev–Trinajstić information content (AvgIpc) is 2.78. The average molecular weight is 316 g/mol. The lowest BCUT2D eigenvalue weighted by Crippen LogP contribution is -2.14. The molecule has 9 heteroatoms. The topological polar surface area (TPSA) is 96.4 Å². The molecule has 1 aromatic heterocycles. The summed E-state index contributed by atoms with van der Waals surface area (Å²) < 4.78 is 39.2. The molecule has 106 valence electrons. The smallest absolute Gasteiger partial charge is 0.337 e. The van der Waals surface area contributed by atoms with Crippen LogP contribution in [0.5, 0.6) is 0 Å². The van der Waals surface area contributed by atoms with Crippen molar-refractivity contribution in [1.29, 1.82) is 0 Å². The van der Waals surface area contributed by atoms with E-state index in [1.165, 1.54) is 6.20 Å². The summed E-state index contributed by atoms with van der Waals surface area (Å²) in [4.78, 5) is 14.8. The van der Waals surface area contributed by atoms with Crippen LogP contribution in [0.25, 0.3) is 0 Å². The Hall–Kier alpha value is -2.00. The van der Waals surface area contributed by atoms with Crippen LogP contribution in [0.15, 0.2) is 28.6 Å². The van der Waals surface area contributed by atoms with E-state index in [2.05, 4.69) is 9.71 Å². The van der Waals surface area contributed by atoms with Gasteiger partial charge in [-0.3, -0.25) is 4.72 Å². The third-order valence-corrected chi connectivity index (χ3v) is 5.06. The highest BCUT2D eigenvalue weighted by Crippen LogP contribution is 2.24. The molecule has 6 nitrogen and oxygen atoms in total. The van der Waals surface area contributed by atoms with Crippen molar-refractivity contribution in [2.24, 2.45) is 0 Å². The third-order valence-electron chi connectivity index (χ3n) is 2.32. The summed E-state index contributed by atoms with van der Waals surface area (Å²) in [6.45, 7) is 1.64. The number of aryl methyl sites for hydroxylation is 1. The number of aromatic carboxylic acids is 1. The molecule has 2 N–H and O–H groups in total.